The van der Waals surface area contributed by atoms with Crippen LogP contribution < -0.4 is 15.5 Å². The fraction of sp³-hybridized carbons (Fsp3) is 0.739. The SMILES string of the molecule is CC(C)c1cnn2c(NC3CC4CCC(C3)N4)nc(N3CC4(CCC(=O)CC4)C3)nc12. The first kappa shape index (κ1) is 19.5. The van der Waals surface area contributed by atoms with Gasteiger partial charge in [0, 0.05) is 55.0 Å². The summed E-state index contributed by atoms with van der Waals surface area (Å²) in [5.74, 6) is 2.40. The lowest BCUT2D eigenvalue weighted by atomic mass is 9.68. The highest BCUT2D eigenvalue weighted by Gasteiger charge is 2.46. The van der Waals surface area contributed by atoms with Crippen molar-refractivity contribution in [1.29, 1.82) is 0 Å². The molecule has 2 atom stereocenters. The summed E-state index contributed by atoms with van der Waals surface area (Å²) in [7, 11) is 0. The van der Waals surface area contributed by atoms with Gasteiger partial charge in [-0.2, -0.15) is 19.6 Å². The monoisotopic (exact) mass is 423 g/mol. The zero-order valence-corrected chi connectivity index (χ0v) is 18.6. The predicted octanol–water partition coefficient (Wildman–Crippen LogP) is 2.89. The number of carbonyl (C=O) groups is 1. The Morgan fingerprint density at radius 3 is 2.52 bits per heavy atom. The molecule has 0 aromatic carbocycles. The number of carbonyl (C=O) groups excluding carboxylic acids is 1. The fourth-order valence-corrected chi connectivity index (χ4v) is 6.16. The first-order valence-electron chi connectivity index (χ1n) is 12.0. The van der Waals surface area contributed by atoms with E-state index in [1.54, 1.807) is 0 Å². The van der Waals surface area contributed by atoms with Crippen LogP contribution in [-0.2, 0) is 4.79 Å². The molecule has 6 rings (SSSR count). The van der Waals surface area contributed by atoms with Crippen LogP contribution in [0.15, 0.2) is 6.20 Å². The van der Waals surface area contributed by atoms with E-state index in [9.17, 15) is 4.79 Å². The van der Waals surface area contributed by atoms with Crippen molar-refractivity contribution < 1.29 is 4.79 Å². The molecule has 4 aliphatic rings. The number of piperidine rings is 1. The number of ketones is 1. The number of rotatable bonds is 4. The summed E-state index contributed by atoms with van der Waals surface area (Å²) in [5.41, 5.74) is 2.36. The van der Waals surface area contributed by atoms with Gasteiger partial charge in [-0.1, -0.05) is 13.8 Å². The zero-order chi connectivity index (χ0) is 21.2. The second-order valence-corrected chi connectivity index (χ2v) is 10.7. The molecule has 3 aliphatic heterocycles. The summed E-state index contributed by atoms with van der Waals surface area (Å²) in [6.45, 7) is 6.29. The van der Waals surface area contributed by atoms with Crippen LogP contribution in [0, 0.1) is 5.41 Å². The van der Waals surface area contributed by atoms with Crippen LogP contribution in [0.2, 0.25) is 0 Å². The van der Waals surface area contributed by atoms with Gasteiger partial charge >= 0.3 is 0 Å². The van der Waals surface area contributed by atoms with Crippen LogP contribution >= 0.6 is 0 Å². The van der Waals surface area contributed by atoms with Crippen LogP contribution in [0.4, 0.5) is 11.9 Å². The van der Waals surface area contributed by atoms with E-state index in [-0.39, 0.29) is 5.41 Å². The van der Waals surface area contributed by atoms with Gasteiger partial charge < -0.3 is 15.5 Å². The second-order valence-electron chi connectivity index (χ2n) is 10.7. The molecule has 2 aromatic heterocycles. The van der Waals surface area contributed by atoms with E-state index in [1.165, 1.54) is 12.8 Å². The minimum absolute atomic E-state index is 0.284. The van der Waals surface area contributed by atoms with Crippen LogP contribution in [0.25, 0.3) is 5.65 Å². The van der Waals surface area contributed by atoms with Crippen LogP contribution in [0.3, 0.4) is 0 Å². The third kappa shape index (κ3) is 3.39. The number of hydrogen-bond acceptors (Lipinski definition) is 7. The molecule has 0 radical (unpaired) electrons. The summed E-state index contributed by atoms with van der Waals surface area (Å²) in [5, 5.41) is 12.1. The van der Waals surface area contributed by atoms with E-state index in [2.05, 4.69) is 34.5 Å². The van der Waals surface area contributed by atoms with Gasteiger partial charge in [-0.25, -0.2) is 0 Å². The van der Waals surface area contributed by atoms with Gasteiger partial charge in [0.1, 0.15) is 5.78 Å². The van der Waals surface area contributed by atoms with E-state index in [0.29, 0.717) is 29.8 Å². The predicted molar refractivity (Wildman–Crippen MR) is 120 cm³/mol. The second kappa shape index (κ2) is 7.15. The fourth-order valence-electron chi connectivity index (χ4n) is 6.16. The van der Waals surface area contributed by atoms with Gasteiger partial charge in [-0.05, 0) is 44.4 Å². The molecule has 2 N–H and O–H groups in total. The maximum atomic E-state index is 11.7. The number of Topliss-reactive ketones (excluding diaryl/α,β-unsaturated/α-hetero) is 1. The molecule has 1 saturated carbocycles. The zero-order valence-electron chi connectivity index (χ0n) is 18.6. The molecule has 8 nitrogen and oxygen atoms in total. The highest BCUT2D eigenvalue weighted by molar-refractivity contribution is 5.79. The van der Waals surface area contributed by atoms with Crippen LogP contribution in [0.5, 0.6) is 0 Å². The van der Waals surface area contributed by atoms with Gasteiger partial charge in [0.05, 0.1) is 6.20 Å². The molecule has 2 bridgehead atoms. The standard InChI is InChI=1S/C23H33N7O/c1-14(2)19-11-24-30-20(19)27-21(29-12-23(13-29)7-5-18(31)6-8-23)28-22(30)26-17-9-15-3-4-16(10-17)25-15/h11,14-17,25H,3-10,12-13H2,1-2H3,(H,26,27,28). The molecule has 3 saturated heterocycles. The first-order valence-corrected chi connectivity index (χ1v) is 12.0. The van der Waals surface area contributed by atoms with Crippen molar-refractivity contribution in [3.05, 3.63) is 11.8 Å². The van der Waals surface area contributed by atoms with E-state index >= 15 is 0 Å². The Hall–Kier alpha value is -2.22. The highest BCUT2D eigenvalue weighted by Crippen LogP contribution is 2.44. The summed E-state index contributed by atoms with van der Waals surface area (Å²) >= 11 is 0. The van der Waals surface area contributed by atoms with Gasteiger partial charge in [0.25, 0.3) is 0 Å². The Morgan fingerprint density at radius 2 is 1.84 bits per heavy atom. The largest absolute Gasteiger partial charge is 0.351 e. The lowest BCUT2D eigenvalue weighted by Crippen LogP contribution is -2.58. The van der Waals surface area contributed by atoms with Gasteiger partial charge in [-0.3, -0.25) is 4.79 Å². The molecule has 8 heteroatoms. The van der Waals surface area contributed by atoms with Crippen molar-refractivity contribution in [2.24, 2.45) is 5.41 Å². The third-order valence-corrected chi connectivity index (χ3v) is 8.02. The first-order chi connectivity index (χ1) is 15.0. The van der Waals surface area contributed by atoms with Gasteiger partial charge in [-0.15, -0.1) is 0 Å². The van der Waals surface area contributed by atoms with Crippen molar-refractivity contribution in [1.82, 2.24) is 24.9 Å². The average Bonchev–Trinajstić information content (AvgIpc) is 3.30. The van der Waals surface area contributed by atoms with Crippen molar-refractivity contribution in [2.75, 3.05) is 23.3 Å². The number of aromatic nitrogens is 4. The maximum Gasteiger partial charge on any atom is 0.230 e. The van der Waals surface area contributed by atoms with E-state index in [4.69, 9.17) is 9.97 Å². The van der Waals surface area contributed by atoms with E-state index in [1.807, 2.05) is 10.7 Å². The molecular weight excluding hydrogens is 390 g/mol. The molecule has 166 valence electrons. The number of nitrogens with one attached hydrogen (secondary N) is 2. The summed E-state index contributed by atoms with van der Waals surface area (Å²) in [6, 6.07) is 1.67. The van der Waals surface area contributed by atoms with Crippen molar-refractivity contribution in [3.63, 3.8) is 0 Å². The lowest BCUT2D eigenvalue weighted by molar-refractivity contribution is -0.122. The minimum Gasteiger partial charge on any atom is -0.351 e. The number of fused-ring (bicyclic) bond motifs is 3. The quantitative estimate of drug-likeness (QED) is 0.782. The van der Waals surface area contributed by atoms with Gasteiger partial charge in [0.2, 0.25) is 11.9 Å². The normalized spacial score (nSPS) is 29.7. The molecule has 0 amide bonds. The van der Waals surface area contributed by atoms with Crippen molar-refractivity contribution >= 4 is 23.3 Å². The van der Waals surface area contributed by atoms with E-state index in [0.717, 1.165) is 74.7 Å². The number of hydrogen-bond donors (Lipinski definition) is 2. The number of anilines is 2. The molecule has 5 heterocycles. The van der Waals surface area contributed by atoms with Crippen molar-refractivity contribution in [3.8, 4) is 0 Å². The Morgan fingerprint density at radius 1 is 1.13 bits per heavy atom. The molecule has 31 heavy (non-hydrogen) atoms. The maximum absolute atomic E-state index is 11.7. The summed E-state index contributed by atoms with van der Waals surface area (Å²) in [6.07, 6.45) is 10.3. The van der Waals surface area contributed by atoms with Crippen LogP contribution in [0.1, 0.15) is 76.7 Å². The molecular formula is C23H33N7O. The highest BCUT2D eigenvalue weighted by atomic mass is 16.1. The molecule has 2 unspecified atom stereocenters. The third-order valence-electron chi connectivity index (χ3n) is 8.02. The Labute approximate surface area is 183 Å². The summed E-state index contributed by atoms with van der Waals surface area (Å²) in [4.78, 5) is 23.9. The molecule has 2 aromatic rings. The van der Waals surface area contributed by atoms with Gasteiger partial charge in [0.15, 0.2) is 5.65 Å². The van der Waals surface area contributed by atoms with E-state index < -0.39 is 0 Å². The molecule has 4 fully saturated rings. The average molecular weight is 424 g/mol. The lowest BCUT2D eigenvalue weighted by Gasteiger charge is -2.52. The topological polar surface area (TPSA) is 87.5 Å². The Balaban J connectivity index is 1.29. The Kier molecular flexibility index (Phi) is 4.49. The summed E-state index contributed by atoms with van der Waals surface area (Å²) < 4.78 is 1.90. The molecule has 1 spiro atoms. The van der Waals surface area contributed by atoms with Crippen molar-refractivity contribution in [2.45, 2.75) is 89.3 Å². The Bertz CT molecular complexity index is 985. The minimum atomic E-state index is 0.284. The number of nitrogens with zero attached hydrogens (tertiary/aromatic N) is 5. The molecule has 1 aliphatic carbocycles. The smallest absolute Gasteiger partial charge is 0.230 e. The van der Waals surface area contributed by atoms with Crippen LogP contribution in [-0.4, -0.2) is 56.6 Å².